The zero-order valence-corrected chi connectivity index (χ0v) is 18.2. The number of nitrogens with zero attached hydrogens (tertiary/aromatic N) is 2. The Morgan fingerprint density at radius 3 is 2.31 bits per heavy atom. The van der Waals surface area contributed by atoms with Crippen molar-refractivity contribution in [2.24, 2.45) is 0 Å². The average molecular weight is 469 g/mol. The van der Waals surface area contributed by atoms with E-state index < -0.39 is 18.0 Å². The summed E-state index contributed by atoms with van der Waals surface area (Å²) in [5.41, 5.74) is 4.65. The van der Waals surface area contributed by atoms with E-state index in [9.17, 15) is 14.4 Å². The number of anilines is 2. The molecule has 4 N–H and O–H groups in total. The molecule has 0 saturated heterocycles. The number of benzene rings is 2. The Morgan fingerprint density at radius 2 is 1.63 bits per heavy atom. The number of hydrogen-bond acceptors (Lipinski definition) is 6. The van der Waals surface area contributed by atoms with Crippen LogP contribution in [0, 0.1) is 0 Å². The first-order valence-corrected chi connectivity index (χ1v) is 10.7. The van der Waals surface area contributed by atoms with E-state index in [1.807, 2.05) is 36.4 Å². The SMILES string of the molecule is O=C(Nc1cc(C(=O)Nc2cncc(C(=O)O)c2)[nH]n1)OCC1c2ccccc2-c2ccccc21. The number of nitrogens with one attached hydrogen (secondary N) is 3. The van der Waals surface area contributed by atoms with Crippen LogP contribution < -0.4 is 10.6 Å². The van der Waals surface area contributed by atoms with Crippen molar-refractivity contribution < 1.29 is 24.2 Å². The van der Waals surface area contributed by atoms with Crippen LogP contribution in [0.2, 0.25) is 0 Å². The van der Waals surface area contributed by atoms with Gasteiger partial charge in [0.15, 0.2) is 5.82 Å². The Morgan fingerprint density at radius 1 is 0.943 bits per heavy atom. The van der Waals surface area contributed by atoms with Gasteiger partial charge in [-0.05, 0) is 28.3 Å². The van der Waals surface area contributed by atoms with Crippen LogP contribution in [0.4, 0.5) is 16.3 Å². The van der Waals surface area contributed by atoms with Gasteiger partial charge in [-0.3, -0.25) is 20.2 Å². The molecule has 4 aromatic rings. The number of aromatic carboxylic acids is 1. The number of carbonyl (C=O) groups excluding carboxylic acids is 2. The van der Waals surface area contributed by atoms with Gasteiger partial charge in [-0.25, -0.2) is 9.59 Å². The number of carbonyl (C=O) groups is 3. The first kappa shape index (κ1) is 21.8. The Kier molecular flexibility index (Phi) is 5.68. The van der Waals surface area contributed by atoms with Crippen molar-refractivity contribution in [1.82, 2.24) is 15.2 Å². The molecule has 2 aromatic heterocycles. The van der Waals surface area contributed by atoms with Crippen molar-refractivity contribution in [3.05, 3.63) is 95.4 Å². The first-order chi connectivity index (χ1) is 17.0. The van der Waals surface area contributed by atoms with Crippen LogP contribution in [-0.2, 0) is 4.74 Å². The number of ether oxygens (including phenoxy) is 1. The quantitative estimate of drug-likeness (QED) is 0.332. The highest BCUT2D eigenvalue weighted by atomic mass is 16.5. The molecule has 5 rings (SSSR count). The zero-order chi connectivity index (χ0) is 24.4. The summed E-state index contributed by atoms with van der Waals surface area (Å²) in [4.78, 5) is 39.7. The highest BCUT2D eigenvalue weighted by Gasteiger charge is 2.29. The Balaban J connectivity index is 1.20. The number of rotatable bonds is 6. The number of fused-ring (bicyclic) bond motifs is 3. The Hall–Kier alpha value is -4.99. The minimum absolute atomic E-state index is 0.0553. The van der Waals surface area contributed by atoms with Crippen molar-refractivity contribution >= 4 is 29.5 Å². The molecule has 0 saturated carbocycles. The van der Waals surface area contributed by atoms with E-state index in [0.717, 1.165) is 22.3 Å². The molecule has 10 heteroatoms. The summed E-state index contributed by atoms with van der Waals surface area (Å²) in [6, 6.07) is 18.7. The number of carboxylic acids is 1. The molecule has 0 unspecified atom stereocenters. The van der Waals surface area contributed by atoms with Gasteiger partial charge in [0.1, 0.15) is 12.3 Å². The predicted octanol–water partition coefficient (Wildman–Crippen LogP) is 4.12. The molecular formula is C25H19N5O5. The van der Waals surface area contributed by atoms with E-state index in [-0.39, 0.29) is 35.3 Å². The second-order valence-corrected chi connectivity index (χ2v) is 7.84. The summed E-state index contributed by atoms with van der Waals surface area (Å²) in [7, 11) is 0. The van der Waals surface area contributed by atoms with Gasteiger partial charge < -0.3 is 15.2 Å². The van der Waals surface area contributed by atoms with E-state index in [2.05, 4.69) is 37.9 Å². The number of carboxylic acid groups (broad SMARTS) is 1. The lowest BCUT2D eigenvalue weighted by molar-refractivity contribution is 0.0696. The molecule has 2 heterocycles. The number of H-pyrrole nitrogens is 1. The summed E-state index contributed by atoms with van der Waals surface area (Å²) in [6.07, 6.45) is 1.78. The molecule has 2 aromatic carbocycles. The number of aromatic nitrogens is 3. The maximum Gasteiger partial charge on any atom is 0.412 e. The normalized spacial score (nSPS) is 11.9. The first-order valence-electron chi connectivity index (χ1n) is 10.7. The molecule has 174 valence electrons. The van der Waals surface area contributed by atoms with E-state index in [1.54, 1.807) is 0 Å². The predicted molar refractivity (Wildman–Crippen MR) is 126 cm³/mol. The Labute approximate surface area is 199 Å². The molecule has 10 nitrogen and oxygen atoms in total. The smallest absolute Gasteiger partial charge is 0.412 e. The van der Waals surface area contributed by atoms with E-state index in [1.165, 1.54) is 24.5 Å². The Bertz CT molecular complexity index is 1400. The average Bonchev–Trinajstić information content (AvgIpc) is 3.46. The summed E-state index contributed by atoms with van der Waals surface area (Å²) < 4.78 is 5.48. The van der Waals surface area contributed by atoms with Crippen LogP contribution in [0.5, 0.6) is 0 Å². The van der Waals surface area contributed by atoms with Crippen LogP contribution in [0.1, 0.15) is 37.9 Å². The van der Waals surface area contributed by atoms with Crippen molar-refractivity contribution in [3.63, 3.8) is 0 Å². The molecule has 2 amide bonds. The number of amides is 2. The van der Waals surface area contributed by atoms with Crippen LogP contribution in [0.15, 0.2) is 73.1 Å². The molecule has 0 radical (unpaired) electrons. The zero-order valence-electron chi connectivity index (χ0n) is 18.2. The van der Waals surface area contributed by atoms with Gasteiger partial charge in [0, 0.05) is 18.2 Å². The monoisotopic (exact) mass is 469 g/mol. The summed E-state index contributed by atoms with van der Waals surface area (Å²) in [5, 5.41) is 20.5. The molecule has 0 aliphatic heterocycles. The van der Waals surface area contributed by atoms with Gasteiger partial charge >= 0.3 is 12.1 Å². The van der Waals surface area contributed by atoms with Gasteiger partial charge in [0.25, 0.3) is 5.91 Å². The topological polar surface area (TPSA) is 146 Å². The van der Waals surface area contributed by atoms with Gasteiger partial charge in [-0.1, -0.05) is 48.5 Å². The van der Waals surface area contributed by atoms with Crippen LogP contribution in [0.25, 0.3) is 11.1 Å². The number of aromatic amines is 1. The standard InChI is InChI=1S/C25H19N5O5/c31-23(27-15-9-14(24(32)33)11-26-12-15)21-10-22(30-29-21)28-25(34)35-13-20-18-7-3-1-5-16(18)17-6-2-4-8-19(17)20/h1-12,20H,13H2,(H,27,31)(H,32,33)(H2,28,29,30,34). The number of pyridine rings is 1. The second-order valence-electron chi connectivity index (χ2n) is 7.84. The maximum atomic E-state index is 12.4. The highest BCUT2D eigenvalue weighted by Crippen LogP contribution is 2.44. The third kappa shape index (κ3) is 4.44. The van der Waals surface area contributed by atoms with Crippen LogP contribution in [-0.4, -0.2) is 44.9 Å². The lowest BCUT2D eigenvalue weighted by Crippen LogP contribution is -2.18. The number of hydrogen-bond donors (Lipinski definition) is 4. The minimum Gasteiger partial charge on any atom is -0.478 e. The van der Waals surface area contributed by atoms with Crippen molar-refractivity contribution in [3.8, 4) is 11.1 Å². The molecule has 1 aliphatic rings. The fourth-order valence-electron chi connectivity index (χ4n) is 4.06. The maximum absolute atomic E-state index is 12.4. The third-order valence-corrected chi connectivity index (χ3v) is 5.64. The minimum atomic E-state index is -1.16. The molecule has 0 bridgehead atoms. The fraction of sp³-hybridized carbons (Fsp3) is 0.0800. The van der Waals surface area contributed by atoms with Crippen molar-refractivity contribution in [1.29, 1.82) is 0 Å². The molecular weight excluding hydrogens is 450 g/mol. The lowest BCUT2D eigenvalue weighted by atomic mass is 9.98. The third-order valence-electron chi connectivity index (χ3n) is 5.64. The molecule has 0 atom stereocenters. The van der Waals surface area contributed by atoms with E-state index in [0.29, 0.717) is 0 Å². The molecule has 35 heavy (non-hydrogen) atoms. The van der Waals surface area contributed by atoms with Gasteiger partial charge in [0.05, 0.1) is 17.4 Å². The molecule has 0 fully saturated rings. The summed E-state index contributed by atoms with van der Waals surface area (Å²) in [5.74, 6) is -1.72. The molecule has 1 aliphatic carbocycles. The lowest BCUT2D eigenvalue weighted by Gasteiger charge is -2.14. The largest absolute Gasteiger partial charge is 0.478 e. The molecule has 0 spiro atoms. The summed E-state index contributed by atoms with van der Waals surface area (Å²) in [6.45, 7) is 0.143. The second kappa shape index (κ2) is 9.10. The van der Waals surface area contributed by atoms with Crippen molar-refractivity contribution in [2.75, 3.05) is 17.2 Å². The van der Waals surface area contributed by atoms with Gasteiger partial charge in [-0.2, -0.15) is 5.10 Å². The van der Waals surface area contributed by atoms with Gasteiger partial charge in [0.2, 0.25) is 0 Å². The van der Waals surface area contributed by atoms with E-state index in [4.69, 9.17) is 9.84 Å². The van der Waals surface area contributed by atoms with E-state index >= 15 is 0 Å². The van der Waals surface area contributed by atoms with Gasteiger partial charge in [-0.15, -0.1) is 0 Å². The van der Waals surface area contributed by atoms with Crippen LogP contribution in [0.3, 0.4) is 0 Å². The fourth-order valence-corrected chi connectivity index (χ4v) is 4.06. The summed E-state index contributed by atoms with van der Waals surface area (Å²) >= 11 is 0. The van der Waals surface area contributed by atoms with Crippen molar-refractivity contribution in [2.45, 2.75) is 5.92 Å². The van der Waals surface area contributed by atoms with Crippen LogP contribution >= 0.6 is 0 Å². The highest BCUT2D eigenvalue weighted by molar-refractivity contribution is 6.04.